The largest absolute Gasteiger partial charge is 0.480 e. The summed E-state index contributed by atoms with van der Waals surface area (Å²) in [5, 5.41) is 9.11. The molecule has 4 N–H and O–H groups in total. The van der Waals surface area contributed by atoms with Gasteiger partial charge in [-0.05, 0) is 17.7 Å². The molecule has 0 radical (unpaired) electrons. The lowest BCUT2D eigenvalue weighted by molar-refractivity contribution is -0.138. The van der Waals surface area contributed by atoms with Gasteiger partial charge in [-0.1, -0.05) is 6.07 Å². The molecule has 5 heteroatoms. The quantitative estimate of drug-likeness (QED) is 0.730. The summed E-state index contributed by atoms with van der Waals surface area (Å²) in [6, 6.07) is 3.65. The van der Waals surface area contributed by atoms with Crippen LogP contribution < -0.4 is 5.73 Å². The molecule has 84 valence electrons. The predicted octanol–water partition coefficient (Wildman–Crippen LogP) is 1.26. The summed E-state index contributed by atoms with van der Waals surface area (Å²) in [4.78, 5) is 13.5. The number of H-pyrrole nitrogens is 1. The van der Waals surface area contributed by atoms with Crippen LogP contribution in [0, 0.1) is 5.82 Å². The Balaban J connectivity index is 2.42. The lowest BCUT2D eigenvalue weighted by Crippen LogP contribution is -2.32. The number of halogens is 1. The second kappa shape index (κ2) is 3.94. The van der Waals surface area contributed by atoms with E-state index in [2.05, 4.69) is 4.98 Å². The van der Waals surface area contributed by atoms with Gasteiger partial charge < -0.3 is 15.8 Å². The van der Waals surface area contributed by atoms with Crippen LogP contribution >= 0.6 is 0 Å². The Bertz CT molecular complexity index is 536. The smallest absolute Gasteiger partial charge is 0.320 e. The van der Waals surface area contributed by atoms with Gasteiger partial charge in [0, 0.05) is 23.5 Å². The first-order valence-electron chi connectivity index (χ1n) is 4.82. The highest BCUT2D eigenvalue weighted by Gasteiger charge is 2.16. The van der Waals surface area contributed by atoms with Crippen molar-refractivity contribution in [2.75, 3.05) is 0 Å². The number of nitrogens with one attached hydrogen (secondary N) is 1. The van der Waals surface area contributed by atoms with Crippen LogP contribution in [0.15, 0.2) is 24.4 Å². The van der Waals surface area contributed by atoms with Crippen molar-refractivity contribution in [3.63, 3.8) is 0 Å². The molecule has 0 saturated heterocycles. The van der Waals surface area contributed by atoms with Crippen molar-refractivity contribution in [2.24, 2.45) is 5.73 Å². The maximum absolute atomic E-state index is 13.5. The van der Waals surface area contributed by atoms with E-state index >= 15 is 0 Å². The molecule has 0 aliphatic heterocycles. The molecule has 0 bridgehead atoms. The predicted molar refractivity (Wildman–Crippen MR) is 57.6 cm³/mol. The van der Waals surface area contributed by atoms with Gasteiger partial charge >= 0.3 is 5.97 Å². The molecule has 1 atom stereocenters. The van der Waals surface area contributed by atoms with Gasteiger partial charge in [0.25, 0.3) is 0 Å². The molecule has 2 aromatic rings. The van der Waals surface area contributed by atoms with Crippen LogP contribution in [0.2, 0.25) is 0 Å². The number of rotatable bonds is 3. The van der Waals surface area contributed by atoms with E-state index in [1.165, 1.54) is 6.07 Å². The van der Waals surface area contributed by atoms with Crippen molar-refractivity contribution < 1.29 is 14.3 Å². The van der Waals surface area contributed by atoms with Crippen molar-refractivity contribution in [3.05, 3.63) is 35.8 Å². The van der Waals surface area contributed by atoms with Crippen molar-refractivity contribution in [3.8, 4) is 0 Å². The maximum atomic E-state index is 13.5. The number of hydrogen-bond donors (Lipinski definition) is 3. The lowest BCUT2D eigenvalue weighted by atomic mass is 10.1. The van der Waals surface area contributed by atoms with Crippen LogP contribution in [0.25, 0.3) is 10.9 Å². The van der Waals surface area contributed by atoms with E-state index in [-0.39, 0.29) is 12.2 Å². The minimum atomic E-state index is -1.09. The summed E-state index contributed by atoms with van der Waals surface area (Å²) in [5.74, 6) is -1.46. The Morgan fingerprint density at radius 2 is 2.31 bits per heavy atom. The molecule has 0 spiro atoms. The molecule has 16 heavy (non-hydrogen) atoms. The van der Waals surface area contributed by atoms with Gasteiger partial charge in [0.1, 0.15) is 11.9 Å². The third kappa shape index (κ3) is 1.77. The first-order chi connectivity index (χ1) is 7.59. The summed E-state index contributed by atoms with van der Waals surface area (Å²) in [6.45, 7) is 0. The number of carboxylic acid groups (broad SMARTS) is 1. The van der Waals surface area contributed by atoms with E-state index in [1.54, 1.807) is 18.3 Å². The minimum absolute atomic E-state index is 0.107. The van der Waals surface area contributed by atoms with Crippen LogP contribution in [0.4, 0.5) is 4.39 Å². The number of fused-ring (bicyclic) bond motifs is 1. The Hall–Kier alpha value is -1.88. The number of carbonyl (C=O) groups is 1. The molecular formula is C11H11FN2O2. The van der Waals surface area contributed by atoms with Crippen molar-refractivity contribution in [1.82, 2.24) is 4.98 Å². The van der Waals surface area contributed by atoms with Crippen molar-refractivity contribution in [1.29, 1.82) is 0 Å². The van der Waals surface area contributed by atoms with Crippen LogP contribution in [0.3, 0.4) is 0 Å². The summed E-state index contributed by atoms with van der Waals surface area (Å²) in [7, 11) is 0. The van der Waals surface area contributed by atoms with Gasteiger partial charge in [0.2, 0.25) is 0 Å². The minimum Gasteiger partial charge on any atom is -0.480 e. The third-order valence-electron chi connectivity index (χ3n) is 2.49. The lowest BCUT2D eigenvalue weighted by Gasteiger charge is -2.05. The molecule has 1 aromatic carbocycles. The van der Waals surface area contributed by atoms with Gasteiger partial charge in [-0.15, -0.1) is 0 Å². The third-order valence-corrected chi connectivity index (χ3v) is 2.49. The number of aromatic amines is 1. The fourth-order valence-electron chi connectivity index (χ4n) is 1.69. The fraction of sp³-hybridized carbons (Fsp3) is 0.182. The number of hydrogen-bond acceptors (Lipinski definition) is 2. The summed E-state index contributed by atoms with van der Waals surface area (Å²) < 4.78 is 13.5. The first kappa shape index (κ1) is 10.6. The summed E-state index contributed by atoms with van der Waals surface area (Å²) in [6.07, 6.45) is 1.70. The van der Waals surface area contributed by atoms with E-state index in [4.69, 9.17) is 10.8 Å². The second-order valence-corrected chi connectivity index (χ2v) is 3.63. The average molecular weight is 221 g/mol. The number of nitrogens with two attached hydrogens (primary N) is 1. The van der Waals surface area contributed by atoms with Gasteiger partial charge in [0.05, 0.1) is 0 Å². The van der Waals surface area contributed by atoms with E-state index < -0.39 is 12.0 Å². The maximum Gasteiger partial charge on any atom is 0.320 e. The molecule has 0 aliphatic carbocycles. The highest BCUT2D eigenvalue weighted by atomic mass is 18.2. The Labute approximate surface area is 90.9 Å². The Morgan fingerprint density at radius 1 is 1.56 bits per heavy atom. The molecule has 0 saturated carbocycles. The summed E-state index contributed by atoms with van der Waals surface area (Å²) >= 11 is 0. The monoisotopic (exact) mass is 221 g/mol. The summed E-state index contributed by atoms with van der Waals surface area (Å²) in [5.41, 5.74) is 6.64. The molecule has 0 unspecified atom stereocenters. The molecule has 0 amide bonds. The van der Waals surface area contributed by atoms with Gasteiger partial charge in [0.15, 0.2) is 0 Å². The van der Waals surface area contributed by atoms with Crippen molar-refractivity contribution >= 4 is 16.9 Å². The molecule has 0 aliphatic rings. The van der Waals surface area contributed by atoms with E-state index in [9.17, 15) is 9.18 Å². The molecule has 1 heterocycles. The second-order valence-electron chi connectivity index (χ2n) is 3.63. The number of aliphatic carboxylic acids is 1. The SMILES string of the molecule is N[C@@H](Cc1c[nH]c2cccc([18F])c12)C(=O)O. The first-order valence-corrected chi connectivity index (χ1v) is 4.82. The molecule has 2 rings (SSSR count). The van der Waals surface area contributed by atoms with E-state index in [1.807, 2.05) is 0 Å². The topological polar surface area (TPSA) is 79.1 Å². The van der Waals surface area contributed by atoms with Gasteiger partial charge in [-0.25, -0.2) is 4.39 Å². The van der Waals surface area contributed by atoms with Gasteiger partial charge in [-0.2, -0.15) is 0 Å². The van der Waals surface area contributed by atoms with E-state index in [0.29, 0.717) is 16.5 Å². The Morgan fingerprint density at radius 3 is 3.00 bits per heavy atom. The average Bonchev–Trinajstić information content (AvgIpc) is 2.63. The number of aromatic nitrogens is 1. The van der Waals surface area contributed by atoms with E-state index in [0.717, 1.165) is 0 Å². The van der Waals surface area contributed by atoms with Crippen LogP contribution in [0.5, 0.6) is 0 Å². The zero-order valence-electron chi connectivity index (χ0n) is 8.40. The number of benzene rings is 1. The zero-order chi connectivity index (χ0) is 11.7. The molecule has 1 aromatic heterocycles. The zero-order valence-corrected chi connectivity index (χ0v) is 8.40. The normalized spacial score (nSPS) is 12.9. The highest BCUT2D eigenvalue weighted by Crippen LogP contribution is 2.22. The Kier molecular flexibility index (Phi) is 2.62. The fourth-order valence-corrected chi connectivity index (χ4v) is 1.69. The van der Waals surface area contributed by atoms with Crippen molar-refractivity contribution in [2.45, 2.75) is 12.5 Å². The standard InChI is InChI=1S/C11H11FN2O2/c12-7-2-1-3-9-10(7)6(5-14-9)4-8(13)11(15)16/h1-3,5,8,14H,4,13H2,(H,15,16)/t8-/m0/s1/i12-1. The van der Waals surface area contributed by atoms with Crippen LogP contribution in [0.1, 0.15) is 5.56 Å². The number of carboxylic acids is 1. The molecule has 4 nitrogen and oxygen atoms in total. The highest BCUT2D eigenvalue weighted by molar-refractivity contribution is 5.84. The van der Waals surface area contributed by atoms with Crippen LogP contribution in [-0.2, 0) is 11.2 Å². The molecule has 0 fully saturated rings. The van der Waals surface area contributed by atoms with Crippen LogP contribution in [-0.4, -0.2) is 22.1 Å². The molecular weight excluding hydrogens is 210 g/mol. The van der Waals surface area contributed by atoms with Gasteiger partial charge in [-0.3, -0.25) is 4.79 Å².